The number of hydrogen-bond donors (Lipinski definition) is 2. The second-order valence-corrected chi connectivity index (χ2v) is 8.28. The van der Waals surface area contributed by atoms with Gasteiger partial charge >= 0.3 is 0 Å². The van der Waals surface area contributed by atoms with Crippen LogP contribution in [0.2, 0.25) is 10.0 Å². The van der Waals surface area contributed by atoms with Crippen molar-refractivity contribution < 1.29 is 9.59 Å². The van der Waals surface area contributed by atoms with Crippen LogP contribution in [-0.4, -0.2) is 17.1 Å². The molecule has 4 nitrogen and oxygen atoms in total. The van der Waals surface area contributed by atoms with Gasteiger partial charge in [-0.1, -0.05) is 36.5 Å². The zero-order valence-corrected chi connectivity index (χ0v) is 17.5. The first-order valence-corrected chi connectivity index (χ1v) is 10.3. The van der Waals surface area contributed by atoms with Crippen LogP contribution >= 0.6 is 35.0 Å². The quantitative estimate of drug-likeness (QED) is 0.492. The molecule has 27 heavy (non-hydrogen) atoms. The van der Waals surface area contributed by atoms with Gasteiger partial charge in [-0.15, -0.1) is 11.8 Å². The molecule has 2 aromatic rings. The molecular formula is C20H22Cl2N2O2S. The maximum absolute atomic E-state index is 12.4. The third-order valence-electron chi connectivity index (χ3n) is 3.76. The Morgan fingerprint density at radius 2 is 1.67 bits per heavy atom. The highest BCUT2D eigenvalue weighted by molar-refractivity contribution is 8.00. The molecule has 0 heterocycles. The summed E-state index contributed by atoms with van der Waals surface area (Å²) in [6.45, 7) is 3.89. The van der Waals surface area contributed by atoms with Gasteiger partial charge in [0.1, 0.15) is 0 Å². The highest BCUT2D eigenvalue weighted by Crippen LogP contribution is 2.28. The molecule has 2 aromatic carbocycles. The molecule has 0 radical (unpaired) electrons. The first kappa shape index (κ1) is 21.6. The fraction of sp³-hybridized carbons (Fsp3) is 0.300. The summed E-state index contributed by atoms with van der Waals surface area (Å²) < 4.78 is 0. The van der Waals surface area contributed by atoms with Crippen molar-refractivity contribution in [1.29, 1.82) is 0 Å². The summed E-state index contributed by atoms with van der Waals surface area (Å²) in [6.07, 6.45) is 2.40. The summed E-state index contributed by atoms with van der Waals surface area (Å²) in [7, 11) is 0. The predicted molar refractivity (Wildman–Crippen MR) is 115 cm³/mol. The number of unbranched alkanes of at least 4 members (excludes halogenated alkanes) is 1. The maximum atomic E-state index is 12.4. The molecule has 0 aliphatic carbocycles. The van der Waals surface area contributed by atoms with Gasteiger partial charge in [-0.3, -0.25) is 9.59 Å². The van der Waals surface area contributed by atoms with Crippen molar-refractivity contribution in [2.45, 2.75) is 43.3 Å². The third kappa shape index (κ3) is 7.09. The Balaban J connectivity index is 1.88. The van der Waals surface area contributed by atoms with E-state index in [1.54, 1.807) is 18.2 Å². The number of rotatable bonds is 8. The van der Waals surface area contributed by atoms with Crippen LogP contribution in [0.15, 0.2) is 47.4 Å². The molecule has 2 N–H and O–H groups in total. The lowest BCUT2D eigenvalue weighted by Crippen LogP contribution is -2.22. The first-order chi connectivity index (χ1) is 12.9. The fourth-order valence-electron chi connectivity index (χ4n) is 2.25. The Hall–Kier alpha value is -1.69. The number of halogens is 2. The first-order valence-electron chi connectivity index (χ1n) is 8.71. The van der Waals surface area contributed by atoms with Gasteiger partial charge in [0.25, 0.3) is 0 Å². The number of anilines is 2. The average Bonchev–Trinajstić information content (AvgIpc) is 2.64. The van der Waals surface area contributed by atoms with Crippen molar-refractivity contribution in [1.82, 2.24) is 0 Å². The summed E-state index contributed by atoms with van der Waals surface area (Å²) >= 11 is 13.3. The molecule has 2 amide bonds. The molecule has 0 bridgehead atoms. The van der Waals surface area contributed by atoms with Crippen LogP contribution in [0.5, 0.6) is 0 Å². The Kier molecular flexibility index (Phi) is 8.48. The molecule has 0 aliphatic rings. The predicted octanol–water partition coefficient (Wildman–Crippen LogP) is 6.24. The topological polar surface area (TPSA) is 58.2 Å². The summed E-state index contributed by atoms with van der Waals surface area (Å²) in [5.74, 6) is -0.109. The van der Waals surface area contributed by atoms with Crippen molar-refractivity contribution >= 4 is 58.2 Å². The Labute approximate surface area is 174 Å². The number of amides is 2. The van der Waals surface area contributed by atoms with E-state index in [0.717, 1.165) is 23.4 Å². The van der Waals surface area contributed by atoms with E-state index in [1.807, 2.05) is 31.2 Å². The van der Waals surface area contributed by atoms with Crippen LogP contribution in [-0.2, 0) is 9.59 Å². The van der Waals surface area contributed by atoms with E-state index in [-0.39, 0.29) is 17.1 Å². The average molecular weight is 425 g/mol. The van der Waals surface area contributed by atoms with Crippen LogP contribution in [0, 0.1) is 0 Å². The lowest BCUT2D eigenvalue weighted by molar-refractivity contribution is -0.116. The SMILES string of the molecule is CCCCC(=O)Nc1ccc(SC(C)C(=O)Nc2ccc(Cl)c(Cl)c2)cc1. The molecule has 0 saturated carbocycles. The van der Waals surface area contributed by atoms with E-state index < -0.39 is 0 Å². The van der Waals surface area contributed by atoms with Gasteiger partial charge in [-0.05, 0) is 55.8 Å². The van der Waals surface area contributed by atoms with Crippen molar-refractivity contribution in [2.24, 2.45) is 0 Å². The zero-order chi connectivity index (χ0) is 19.8. The number of carbonyl (C=O) groups excluding carboxylic acids is 2. The van der Waals surface area contributed by atoms with E-state index in [4.69, 9.17) is 23.2 Å². The molecule has 144 valence electrons. The van der Waals surface area contributed by atoms with Crippen LogP contribution in [0.4, 0.5) is 11.4 Å². The Bertz CT molecular complexity index is 797. The number of carbonyl (C=O) groups is 2. The minimum Gasteiger partial charge on any atom is -0.326 e. The maximum Gasteiger partial charge on any atom is 0.237 e. The molecule has 7 heteroatoms. The lowest BCUT2D eigenvalue weighted by atomic mass is 10.2. The van der Waals surface area contributed by atoms with E-state index in [9.17, 15) is 9.59 Å². The lowest BCUT2D eigenvalue weighted by Gasteiger charge is -2.13. The molecule has 0 saturated heterocycles. The minimum absolute atomic E-state index is 0.0200. The molecule has 2 rings (SSSR count). The smallest absolute Gasteiger partial charge is 0.237 e. The van der Waals surface area contributed by atoms with Gasteiger partial charge in [0.15, 0.2) is 0 Å². The van der Waals surface area contributed by atoms with Gasteiger partial charge < -0.3 is 10.6 Å². The van der Waals surface area contributed by atoms with Crippen LogP contribution in [0.1, 0.15) is 33.1 Å². The number of benzene rings is 2. The molecule has 0 aliphatic heterocycles. The van der Waals surface area contributed by atoms with Crippen molar-refractivity contribution in [3.8, 4) is 0 Å². The fourth-order valence-corrected chi connectivity index (χ4v) is 3.42. The van der Waals surface area contributed by atoms with E-state index in [0.29, 0.717) is 22.2 Å². The van der Waals surface area contributed by atoms with Gasteiger partial charge in [-0.25, -0.2) is 0 Å². The molecule has 0 fully saturated rings. The Morgan fingerprint density at radius 1 is 1.00 bits per heavy atom. The summed E-state index contributed by atoms with van der Waals surface area (Å²) in [5.41, 5.74) is 1.36. The molecule has 0 spiro atoms. The second kappa shape index (κ2) is 10.6. The molecule has 0 aromatic heterocycles. The molecule has 1 unspecified atom stereocenters. The van der Waals surface area contributed by atoms with Crippen LogP contribution in [0.25, 0.3) is 0 Å². The van der Waals surface area contributed by atoms with Gasteiger partial charge in [0.05, 0.1) is 15.3 Å². The van der Waals surface area contributed by atoms with Gasteiger partial charge in [0.2, 0.25) is 11.8 Å². The number of thioether (sulfide) groups is 1. The van der Waals surface area contributed by atoms with E-state index in [2.05, 4.69) is 17.6 Å². The van der Waals surface area contributed by atoms with Gasteiger partial charge in [0, 0.05) is 22.7 Å². The molecular weight excluding hydrogens is 403 g/mol. The summed E-state index contributed by atoms with van der Waals surface area (Å²) in [4.78, 5) is 25.1. The highest BCUT2D eigenvalue weighted by atomic mass is 35.5. The zero-order valence-electron chi connectivity index (χ0n) is 15.2. The number of nitrogens with one attached hydrogen (secondary N) is 2. The summed E-state index contributed by atoms with van der Waals surface area (Å²) in [5, 5.41) is 6.24. The van der Waals surface area contributed by atoms with Crippen molar-refractivity contribution in [3.05, 3.63) is 52.5 Å². The largest absolute Gasteiger partial charge is 0.326 e. The normalized spacial score (nSPS) is 11.7. The van der Waals surface area contributed by atoms with Crippen LogP contribution < -0.4 is 10.6 Å². The van der Waals surface area contributed by atoms with Gasteiger partial charge in [-0.2, -0.15) is 0 Å². The highest BCUT2D eigenvalue weighted by Gasteiger charge is 2.15. The molecule has 1 atom stereocenters. The second-order valence-electron chi connectivity index (χ2n) is 6.05. The standard InChI is InChI=1S/C20H22Cl2N2O2S/c1-3-4-5-19(25)23-14-6-9-16(10-7-14)27-13(2)20(26)24-15-8-11-17(21)18(22)12-15/h6-13H,3-5H2,1-2H3,(H,23,25)(H,24,26). The van der Waals surface area contributed by atoms with Crippen molar-refractivity contribution in [2.75, 3.05) is 10.6 Å². The number of hydrogen-bond acceptors (Lipinski definition) is 3. The van der Waals surface area contributed by atoms with E-state index >= 15 is 0 Å². The van der Waals surface area contributed by atoms with E-state index in [1.165, 1.54) is 11.8 Å². The monoisotopic (exact) mass is 424 g/mol. The minimum atomic E-state index is -0.301. The van der Waals surface area contributed by atoms with Crippen LogP contribution in [0.3, 0.4) is 0 Å². The summed E-state index contributed by atoms with van der Waals surface area (Å²) in [6, 6.07) is 12.4. The Morgan fingerprint density at radius 3 is 2.30 bits per heavy atom. The third-order valence-corrected chi connectivity index (χ3v) is 5.62. The van der Waals surface area contributed by atoms with Crippen molar-refractivity contribution in [3.63, 3.8) is 0 Å².